The zero-order valence-corrected chi connectivity index (χ0v) is 12.5. The van der Waals surface area contributed by atoms with Crippen LogP contribution in [-0.2, 0) is 21.4 Å². The maximum absolute atomic E-state index is 13.7. The molecule has 0 atom stereocenters. The molecule has 0 aliphatic rings. The number of hydrogen-bond acceptors (Lipinski definition) is 3. The van der Waals surface area contributed by atoms with Crippen molar-refractivity contribution in [1.82, 2.24) is 4.31 Å². The first-order chi connectivity index (χ1) is 10.3. The standard InChI is InChI=1S/C15H13F2NO3S/c1-11(19)18(10-12-7-8-13(16)9-15(12)17)22(20,21)14-5-3-2-4-6-14/h2-9H,10H2,1H3. The molecule has 116 valence electrons. The maximum atomic E-state index is 13.7. The molecular weight excluding hydrogens is 312 g/mol. The van der Waals surface area contributed by atoms with E-state index in [9.17, 15) is 22.0 Å². The number of amides is 1. The topological polar surface area (TPSA) is 54.5 Å². The fraction of sp³-hybridized carbons (Fsp3) is 0.133. The van der Waals surface area contributed by atoms with Crippen molar-refractivity contribution in [2.75, 3.05) is 0 Å². The molecule has 0 N–H and O–H groups in total. The molecule has 4 nitrogen and oxygen atoms in total. The van der Waals surface area contributed by atoms with Crippen LogP contribution in [-0.4, -0.2) is 18.6 Å². The van der Waals surface area contributed by atoms with E-state index >= 15 is 0 Å². The molecule has 7 heteroatoms. The summed E-state index contributed by atoms with van der Waals surface area (Å²) in [5.74, 6) is -2.44. The van der Waals surface area contributed by atoms with Crippen molar-refractivity contribution in [1.29, 1.82) is 0 Å². The van der Waals surface area contributed by atoms with E-state index in [1.54, 1.807) is 6.07 Å². The van der Waals surface area contributed by atoms with Crippen LogP contribution in [0.5, 0.6) is 0 Å². The number of carbonyl (C=O) groups is 1. The summed E-state index contributed by atoms with van der Waals surface area (Å²) in [7, 11) is -4.10. The van der Waals surface area contributed by atoms with Gasteiger partial charge in [-0.2, -0.15) is 0 Å². The SMILES string of the molecule is CC(=O)N(Cc1ccc(F)cc1F)S(=O)(=O)c1ccccc1. The molecule has 0 unspecified atom stereocenters. The van der Waals surface area contributed by atoms with Gasteiger partial charge in [0.15, 0.2) is 0 Å². The monoisotopic (exact) mass is 325 g/mol. The number of sulfonamides is 1. The summed E-state index contributed by atoms with van der Waals surface area (Å²) in [6.07, 6.45) is 0. The Bertz CT molecular complexity index is 792. The van der Waals surface area contributed by atoms with Gasteiger partial charge in [0.1, 0.15) is 11.6 Å². The molecule has 0 spiro atoms. The number of benzene rings is 2. The number of hydrogen-bond donors (Lipinski definition) is 0. The van der Waals surface area contributed by atoms with Gasteiger partial charge in [0.2, 0.25) is 5.91 Å². The molecular formula is C15H13F2NO3S. The Hall–Kier alpha value is -2.28. The summed E-state index contributed by atoms with van der Waals surface area (Å²) in [5.41, 5.74) is -0.0869. The van der Waals surface area contributed by atoms with Crippen molar-refractivity contribution >= 4 is 15.9 Å². The Labute approximate surface area is 127 Å². The highest BCUT2D eigenvalue weighted by Crippen LogP contribution is 2.20. The predicted octanol–water partition coefficient (Wildman–Crippen LogP) is 2.70. The van der Waals surface area contributed by atoms with Crippen molar-refractivity contribution in [3.8, 4) is 0 Å². The van der Waals surface area contributed by atoms with Gasteiger partial charge in [0, 0.05) is 18.6 Å². The van der Waals surface area contributed by atoms with Crippen LogP contribution < -0.4 is 0 Å². The summed E-state index contributed by atoms with van der Waals surface area (Å²) < 4.78 is 52.1. The van der Waals surface area contributed by atoms with Crippen molar-refractivity contribution < 1.29 is 22.0 Å². The normalized spacial score (nSPS) is 11.2. The lowest BCUT2D eigenvalue weighted by atomic mass is 10.2. The average molecular weight is 325 g/mol. The zero-order valence-electron chi connectivity index (χ0n) is 11.7. The van der Waals surface area contributed by atoms with Gasteiger partial charge in [-0.25, -0.2) is 21.5 Å². The van der Waals surface area contributed by atoms with E-state index in [-0.39, 0.29) is 10.5 Å². The Morgan fingerprint density at radius 1 is 1.09 bits per heavy atom. The molecule has 22 heavy (non-hydrogen) atoms. The number of rotatable bonds is 4. The lowest BCUT2D eigenvalue weighted by molar-refractivity contribution is -0.124. The van der Waals surface area contributed by atoms with Crippen LogP contribution in [0.3, 0.4) is 0 Å². The largest absolute Gasteiger partial charge is 0.274 e. The van der Waals surface area contributed by atoms with E-state index in [2.05, 4.69) is 0 Å². The van der Waals surface area contributed by atoms with Crippen LogP contribution in [0.1, 0.15) is 12.5 Å². The smallest absolute Gasteiger partial charge is 0.266 e. The van der Waals surface area contributed by atoms with Gasteiger partial charge in [0.05, 0.1) is 11.4 Å². The minimum Gasteiger partial charge on any atom is -0.274 e. The Morgan fingerprint density at radius 3 is 2.27 bits per heavy atom. The van der Waals surface area contributed by atoms with Crippen molar-refractivity contribution in [3.05, 3.63) is 65.7 Å². The first-order valence-electron chi connectivity index (χ1n) is 6.34. The Balaban J connectivity index is 2.41. The fourth-order valence-electron chi connectivity index (χ4n) is 1.89. The van der Waals surface area contributed by atoms with Crippen LogP contribution in [0.4, 0.5) is 8.78 Å². The van der Waals surface area contributed by atoms with E-state index in [1.165, 1.54) is 24.3 Å². The third kappa shape index (κ3) is 3.30. The third-order valence-corrected chi connectivity index (χ3v) is 4.85. The van der Waals surface area contributed by atoms with Gasteiger partial charge < -0.3 is 0 Å². The first-order valence-corrected chi connectivity index (χ1v) is 7.78. The van der Waals surface area contributed by atoms with Crippen molar-refractivity contribution in [2.45, 2.75) is 18.4 Å². The summed E-state index contributed by atoms with van der Waals surface area (Å²) in [6, 6.07) is 10.1. The molecule has 2 aromatic rings. The Kier molecular flexibility index (Phi) is 4.56. The van der Waals surface area contributed by atoms with E-state index in [0.29, 0.717) is 10.4 Å². The van der Waals surface area contributed by atoms with Gasteiger partial charge in [-0.05, 0) is 18.2 Å². The first kappa shape index (κ1) is 16.1. The molecule has 0 aromatic heterocycles. The van der Waals surface area contributed by atoms with Crippen LogP contribution in [0, 0.1) is 11.6 Å². The summed E-state index contributed by atoms with van der Waals surface area (Å²) in [6.45, 7) is 0.570. The highest BCUT2D eigenvalue weighted by molar-refractivity contribution is 7.89. The second-order valence-corrected chi connectivity index (χ2v) is 6.44. The molecule has 0 saturated heterocycles. The zero-order chi connectivity index (χ0) is 16.3. The van der Waals surface area contributed by atoms with Crippen molar-refractivity contribution in [2.24, 2.45) is 0 Å². The van der Waals surface area contributed by atoms with Crippen molar-refractivity contribution in [3.63, 3.8) is 0 Å². The van der Waals surface area contributed by atoms with E-state index in [4.69, 9.17) is 0 Å². The lowest BCUT2D eigenvalue weighted by Crippen LogP contribution is -2.35. The molecule has 2 rings (SSSR count). The van der Waals surface area contributed by atoms with Gasteiger partial charge in [-0.1, -0.05) is 24.3 Å². The van der Waals surface area contributed by atoms with Crippen LogP contribution in [0.15, 0.2) is 53.4 Å². The second kappa shape index (κ2) is 6.23. The number of halogens is 2. The molecule has 2 aromatic carbocycles. The predicted molar refractivity (Wildman–Crippen MR) is 76.2 cm³/mol. The van der Waals surface area contributed by atoms with Crippen LogP contribution in [0.2, 0.25) is 0 Å². The van der Waals surface area contributed by atoms with E-state index in [0.717, 1.165) is 19.1 Å². The summed E-state index contributed by atoms with van der Waals surface area (Å²) in [5, 5.41) is 0. The molecule has 0 aliphatic carbocycles. The number of nitrogens with zero attached hydrogens (tertiary/aromatic N) is 1. The summed E-state index contributed by atoms with van der Waals surface area (Å²) in [4.78, 5) is 11.6. The quantitative estimate of drug-likeness (QED) is 0.868. The van der Waals surface area contributed by atoms with Gasteiger partial charge in [-0.15, -0.1) is 0 Å². The average Bonchev–Trinajstić information content (AvgIpc) is 2.46. The fourth-order valence-corrected chi connectivity index (χ4v) is 3.29. The van der Waals surface area contributed by atoms with Gasteiger partial charge >= 0.3 is 0 Å². The molecule has 0 fully saturated rings. The molecule has 0 bridgehead atoms. The third-order valence-electron chi connectivity index (χ3n) is 3.01. The van der Waals surface area contributed by atoms with Crippen LogP contribution >= 0.6 is 0 Å². The minimum absolute atomic E-state index is 0.0762. The lowest BCUT2D eigenvalue weighted by Gasteiger charge is -2.21. The van der Waals surface area contributed by atoms with Gasteiger partial charge in [-0.3, -0.25) is 4.79 Å². The Morgan fingerprint density at radius 2 is 1.73 bits per heavy atom. The van der Waals surface area contributed by atoms with E-state index < -0.39 is 34.1 Å². The maximum Gasteiger partial charge on any atom is 0.266 e. The highest BCUT2D eigenvalue weighted by Gasteiger charge is 2.27. The van der Waals surface area contributed by atoms with Crippen LogP contribution in [0.25, 0.3) is 0 Å². The second-order valence-electron chi connectivity index (χ2n) is 4.58. The minimum atomic E-state index is -4.10. The highest BCUT2D eigenvalue weighted by atomic mass is 32.2. The molecule has 0 saturated carbocycles. The molecule has 0 heterocycles. The van der Waals surface area contributed by atoms with E-state index in [1.807, 2.05) is 0 Å². The number of carbonyl (C=O) groups excluding carboxylic acids is 1. The van der Waals surface area contributed by atoms with Gasteiger partial charge in [0.25, 0.3) is 10.0 Å². The molecule has 0 radical (unpaired) electrons. The summed E-state index contributed by atoms with van der Waals surface area (Å²) >= 11 is 0. The molecule has 1 amide bonds. The molecule has 0 aliphatic heterocycles.